The second-order valence-electron chi connectivity index (χ2n) is 5.61. The van der Waals surface area contributed by atoms with Crippen LogP contribution in [-0.2, 0) is 22.7 Å². The highest BCUT2D eigenvalue weighted by Crippen LogP contribution is 2.29. The first-order valence-electron chi connectivity index (χ1n) is 7.51. The number of esters is 1. The van der Waals surface area contributed by atoms with E-state index >= 15 is 0 Å². The highest BCUT2D eigenvalue weighted by molar-refractivity contribution is 5.86. The number of para-hydroxylation sites is 1. The van der Waals surface area contributed by atoms with Crippen molar-refractivity contribution in [2.45, 2.75) is 20.1 Å². The lowest BCUT2D eigenvalue weighted by molar-refractivity contribution is -0.140. The summed E-state index contributed by atoms with van der Waals surface area (Å²) in [4.78, 5) is 13.6. The summed E-state index contributed by atoms with van der Waals surface area (Å²) in [7, 11) is 0. The number of nitrogens with zero attached hydrogens (tertiary/aromatic N) is 1. The molecule has 0 saturated carbocycles. The summed E-state index contributed by atoms with van der Waals surface area (Å²) >= 11 is 0. The molecule has 0 aliphatic carbocycles. The predicted molar refractivity (Wildman–Crippen MR) is 89.2 cm³/mol. The molecule has 0 saturated heterocycles. The molecule has 0 bridgehead atoms. The first kappa shape index (κ1) is 15.2. The van der Waals surface area contributed by atoms with Crippen molar-refractivity contribution >= 4 is 11.7 Å². The van der Waals surface area contributed by atoms with Crippen molar-refractivity contribution in [1.29, 1.82) is 0 Å². The number of benzene rings is 2. The van der Waals surface area contributed by atoms with Crippen LogP contribution < -0.4 is 9.64 Å². The Morgan fingerprint density at radius 2 is 2.04 bits per heavy atom. The van der Waals surface area contributed by atoms with E-state index in [1.807, 2.05) is 36.4 Å². The van der Waals surface area contributed by atoms with Gasteiger partial charge in [0.05, 0.1) is 0 Å². The number of carbonyl (C=O) groups excluding carboxylic acids is 1. The molecular formula is C19H19NO3. The standard InChI is InChI=1S/C19H19NO3/c1-14(2)19(21)22-12-15-8-9-18-16(10-15)11-20(13-23-18)17-6-4-3-5-7-17/h3-10H,1,11-13H2,2H3. The normalized spacial score (nSPS) is 13.0. The Morgan fingerprint density at radius 3 is 2.78 bits per heavy atom. The molecule has 1 aliphatic heterocycles. The molecule has 2 aromatic rings. The zero-order chi connectivity index (χ0) is 16.2. The number of anilines is 1. The quantitative estimate of drug-likeness (QED) is 0.638. The zero-order valence-electron chi connectivity index (χ0n) is 13.1. The van der Waals surface area contributed by atoms with Gasteiger partial charge in [-0.2, -0.15) is 0 Å². The monoisotopic (exact) mass is 309 g/mol. The van der Waals surface area contributed by atoms with Gasteiger partial charge in [0.1, 0.15) is 12.4 Å². The van der Waals surface area contributed by atoms with E-state index in [-0.39, 0.29) is 12.6 Å². The molecule has 0 unspecified atom stereocenters. The van der Waals surface area contributed by atoms with Crippen molar-refractivity contribution in [3.05, 3.63) is 71.8 Å². The van der Waals surface area contributed by atoms with E-state index in [4.69, 9.17) is 9.47 Å². The van der Waals surface area contributed by atoms with Gasteiger partial charge in [0, 0.05) is 23.4 Å². The molecule has 3 rings (SSSR count). The number of hydrogen-bond acceptors (Lipinski definition) is 4. The molecule has 4 nitrogen and oxygen atoms in total. The van der Waals surface area contributed by atoms with Gasteiger partial charge in [-0.1, -0.05) is 30.8 Å². The first-order chi connectivity index (χ1) is 11.1. The van der Waals surface area contributed by atoms with E-state index < -0.39 is 0 Å². The van der Waals surface area contributed by atoms with E-state index in [1.165, 1.54) is 0 Å². The van der Waals surface area contributed by atoms with Crippen LogP contribution in [0, 0.1) is 0 Å². The summed E-state index contributed by atoms with van der Waals surface area (Å²) in [6.07, 6.45) is 0. The van der Waals surface area contributed by atoms with Crippen LogP contribution in [0.1, 0.15) is 18.1 Å². The minimum Gasteiger partial charge on any atom is -0.473 e. The van der Waals surface area contributed by atoms with Gasteiger partial charge in [-0.05, 0) is 36.8 Å². The van der Waals surface area contributed by atoms with E-state index in [9.17, 15) is 4.79 Å². The maximum absolute atomic E-state index is 11.5. The van der Waals surface area contributed by atoms with Crippen LogP contribution in [0.2, 0.25) is 0 Å². The topological polar surface area (TPSA) is 38.8 Å². The van der Waals surface area contributed by atoms with Gasteiger partial charge in [0.25, 0.3) is 0 Å². The average Bonchev–Trinajstić information content (AvgIpc) is 2.59. The fourth-order valence-electron chi connectivity index (χ4n) is 2.46. The maximum atomic E-state index is 11.5. The van der Waals surface area contributed by atoms with E-state index in [1.54, 1.807) is 6.92 Å². The number of carbonyl (C=O) groups is 1. The Kier molecular flexibility index (Phi) is 4.33. The van der Waals surface area contributed by atoms with Gasteiger partial charge in [-0.25, -0.2) is 4.79 Å². The SMILES string of the molecule is C=C(C)C(=O)OCc1ccc2c(c1)CN(c1ccccc1)CO2. The highest BCUT2D eigenvalue weighted by Gasteiger charge is 2.18. The van der Waals surface area contributed by atoms with Gasteiger partial charge in [0.15, 0.2) is 6.73 Å². The number of hydrogen-bond donors (Lipinski definition) is 0. The molecule has 2 aromatic carbocycles. The third kappa shape index (κ3) is 3.54. The number of fused-ring (bicyclic) bond motifs is 1. The fourth-order valence-corrected chi connectivity index (χ4v) is 2.46. The van der Waals surface area contributed by atoms with Crippen LogP contribution in [0.5, 0.6) is 5.75 Å². The molecule has 1 aliphatic rings. The van der Waals surface area contributed by atoms with Gasteiger partial charge < -0.3 is 14.4 Å². The molecule has 0 aromatic heterocycles. The minimum atomic E-state index is -0.370. The van der Waals surface area contributed by atoms with Crippen molar-refractivity contribution in [3.8, 4) is 5.75 Å². The number of ether oxygens (including phenoxy) is 2. The summed E-state index contributed by atoms with van der Waals surface area (Å²) < 4.78 is 11.0. The Hall–Kier alpha value is -2.75. The molecule has 0 fully saturated rings. The molecule has 4 heteroatoms. The third-order valence-electron chi connectivity index (χ3n) is 3.70. The Balaban J connectivity index is 1.72. The lowest BCUT2D eigenvalue weighted by Gasteiger charge is -2.31. The van der Waals surface area contributed by atoms with Crippen molar-refractivity contribution in [2.24, 2.45) is 0 Å². The minimum absolute atomic E-state index is 0.240. The van der Waals surface area contributed by atoms with Crippen molar-refractivity contribution in [2.75, 3.05) is 11.6 Å². The predicted octanol–water partition coefficient (Wildman–Crippen LogP) is 3.66. The van der Waals surface area contributed by atoms with E-state index in [0.717, 1.165) is 29.1 Å². The first-order valence-corrected chi connectivity index (χ1v) is 7.51. The summed E-state index contributed by atoms with van der Waals surface area (Å²) in [5.74, 6) is 0.511. The molecule has 118 valence electrons. The van der Waals surface area contributed by atoms with Crippen LogP contribution >= 0.6 is 0 Å². The molecule has 0 spiro atoms. The van der Waals surface area contributed by atoms with Crippen molar-refractivity contribution < 1.29 is 14.3 Å². The van der Waals surface area contributed by atoms with Crippen LogP contribution in [0.25, 0.3) is 0 Å². The fraction of sp³-hybridized carbons (Fsp3) is 0.211. The summed E-state index contributed by atoms with van der Waals surface area (Å²) in [5, 5.41) is 0. The maximum Gasteiger partial charge on any atom is 0.333 e. The largest absolute Gasteiger partial charge is 0.473 e. The van der Waals surface area contributed by atoms with Gasteiger partial charge >= 0.3 is 5.97 Å². The van der Waals surface area contributed by atoms with Crippen LogP contribution in [0.15, 0.2) is 60.7 Å². The molecule has 0 amide bonds. The summed E-state index contributed by atoms with van der Waals surface area (Å²) in [6.45, 7) is 6.75. The van der Waals surface area contributed by atoms with Crippen LogP contribution in [0.3, 0.4) is 0 Å². The number of rotatable bonds is 4. The summed E-state index contributed by atoms with van der Waals surface area (Å²) in [6, 6.07) is 16.0. The third-order valence-corrected chi connectivity index (χ3v) is 3.70. The van der Waals surface area contributed by atoms with Crippen molar-refractivity contribution in [1.82, 2.24) is 0 Å². The molecule has 0 atom stereocenters. The van der Waals surface area contributed by atoms with Gasteiger partial charge in [0.2, 0.25) is 0 Å². The van der Waals surface area contributed by atoms with E-state index in [2.05, 4.69) is 23.6 Å². The van der Waals surface area contributed by atoms with Gasteiger partial charge in [-0.3, -0.25) is 0 Å². The lowest BCUT2D eigenvalue weighted by Crippen LogP contribution is -2.31. The van der Waals surface area contributed by atoms with Crippen molar-refractivity contribution in [3.63, 3.8) is 0 Å². The summed E-state index contributed by atoms with van der Waals surface area (Å²) in [5.41, 5.74) is 3.56. The Bertz CT molecular complexity index is 725. The molecular weight excluding hydrogens is 290 g/mol. The van der Waals surface area contributed by atoms with E-state index in [0.29, 0.717) is 12.3 Å². The Labute approximate surface area is 135 Å². The van der Waals surface area contributed by atoms with Gasteiger partial charge in [-0.15, -0.1) is 0 Å². The molecule has 0 radical (unpaired) electrons. The lowest BCUT2D eigenvalue weighted by atomic mass is 10.1. The second kappa shape index (κ2) is 6.57. The van der Waals surface area contributed by atoms with Crippen LogP contribution in [0.4, 0.5) is 5.69 Å². The second-order valence-corrected chi connectivity index (χ2v) is 5.61. The van der Waals surface area contributed by atoms with Crippen LogP contribution in [-0.4, -0.2) is 12.7 Å². The zero-order valence-corrected chi connectivity index (χ0v) is 13.1. The Morgan fingerprint density at radius 1 is 1.26 bits per heavy atom. The highest BCUT2D eigenvalue weighted by atomic mass is 16.5. The molecule has 0 N–H and O–H groups in total. The smallest absolute Gasteiger partial charge is 0.333 e. The molecule has 23 heavy (non-hydrogen) atoms. The molecule has 1 heterocycles. The average molecular weight is 309 g/mol.